The highest BCUT2D eigenvalue weighted by atomic mass is 35.5. The molecule has 0 saturated carbocycles. The Hall–Kier alpha value is -3.90. The summed E-state index contributed by atoms with van der Waals surface area (Å²) in [5.41, 5.74) is 4.30. The number of ether oxygens (including phenoxy) is 1. The molecule has 0 radical (unpaired) electrons. The Bertz CT molecular complexity index is 1210. The van der Waals surface area contributed by atoms with Crippen LogP contribution >= 0.6 is 11.6 Å². The number of nitrogens with zero attached hydrogens (tertiary/aromatic N) is 2. The predicted molar refractivity (Wildman–Crippen MR) is 127 cm³/mol. The number of aromatic nitrogens is 2. The number of hydrogen-bond acceptors (Lipinski definition) is 5. The molecule has 0 spiro atoms. The Kier molecular flexibility index (Phi) is 6.63. The van der Waals surface area contributed by atoms with Crippen LogP contribution in [0.25, 0.3) is 11.3 Å². The molecule has 0 unspecified atom stereocenters. The summed E-state index contributed by atoms with van der Waals surface area (Å²) in [7, 11) is 1.54. The number of hydrogen-bond donors (Lipinski definition) is 2. The highest BCUT2D eigenvalue weighted by molar-refractivity contribution is 6.33. The van der Waals surface area contributed by atoms with Crippen LogP contribution in [-0.4, -0.2) is 23.0 Å². The van der Waals surface area contributed by atoms with E-state index in [9.17, 15) is 4.79 Å². The van der Waals surface area contributed by atoms with Crippen LogP contribution in [0.1, 0.15) is 15.9 Å². The Labute approximate surface area is 191 Å². The van der Waals surface area contributed by atoms with Crippen molar-refractivity contribution >= 4 is 28.9 Å². The van der Waals surface area contributed by atoms with Crippen molar-refractivity contribution in [3.05, 3.63) is 101 Å². The van der Waals surface area contributed by atoms with E-state index in [0.29, 0.717) is 40.1 Å². The Balaban J connectivity index is 1.64. The topological polar surface area (TPSA) is 76.1 Å². The van der Waals surface area contributed by atoms with Gasteiger partial charge in [0.1, 0.15) is 0 Å². The van der Waals surface area contributed by atoms with E-state index < -0.39 is 0 Å². The van der Waals surface area contributed by atoms with E-state index in [2.05, 4.69) is 20.6 Å². The second-order valence-electron chi connectivity index (χ2n) is 6.98. The summed E-state index contributed by atoms with van der Waals surface area (Å²) < 4.78 is 5.07. The first-order valence-corrected chi connectivity index (χ1v) is 10.4. The van der Waals surface area contributed by atoms with Gasteiger partial charge in [-0.25, -0.2) is 4.98 Å². The van der Waals surface area contributed by atoms with Crippen LogP contribution < -0.4 is 15.4 Å². The summed E-state index contributed by atoms with van der Waals surface area (Å²) in [6, 6.07) is 22.5. The van der Waals surface area contributed by atoms with Gasteiger partial charge in [0.2, 0.25) is 5.88 Å². The molecule has 7 heteroatoms. The molecule has 0 aliphatic carbocycles. The van der Waals surface area contributed by atoms with Gasteiger partial charge in [-0.2, -0.15) is 0 Å². The summed E-state index contributed by atoms with van der Waals surface area (Å²) in [4.78, 5) is 21.6. The molecule has 6 nitrogen and oxygen atoms in total. The fourth-order valence-electron chi connectivity index (χ4n) is 3.20. The fourth-order valence-corrected chi connectivity index (χ4v) is 3.43. The first-order valence-electron chi connectivity index (χ1n) is 9.98. The van der Waals surface area contributed by atoms with Gasteiger partial charge in [0.05, 0.1) is 35.3 Å². The van der Waals surface area contributed by atoms with E-state index in [1.807, 2.05) is 42.5 Å². The number of halogens is 1. The van der Waals surface area contributed by atoms with E-state index in [1.54, 1.807) is 49.8 Å². The third-order valence-corrected chi connectivity index (χ3v) is 5.13. The van der Waals surface area contributed by atoms with E-state index >= 15 is 0 Å². The maximum absolute atomic E-state index is 13.1. The molecule has 2 N–H and O–H groups in total. The number of rotatable bonds is 7. The van der Waals surface area contributed by atoms with Crippen LogP contribution in [0, 0.1) is 0 Å². The zero-order chi connectivity index (χ0) is 22.3. The lowest BCUT2D eigenvalue weighted by Gasteiger charge is -2.15. The molecule has 32 heavy (non-hydrogen) atoms. The summed E-state index contributed by atoms with van der Waals surface area (Å²) in [6.07, 6.45) is 3.24. The van der Waals surface area contributed by atoms with Gasteiger partial charge in [0.15, 0.2) is 0 Å². The fraction of sp³-hybridized carbons (Fsp3) is 0.0800. The van der Waals surface area contributed by atoms with Crippen molar-refractivity contribution in [1.82, 2.24) is 9.97 Å². The third-order valence-electron chi connectivity index (χ3n) is 4.83. The van der Waals surface area contributed by atoms with Crippen molar-refractivity contribution in [3.63, 3.8) is 0 Å². The summed E-state index contributed by atoms with van der Waals surface area (Å²) in [5, 5.41) is 6.80. The molecule has 4 aromatic rings. The molecule has 2 heterocycles. The molecule has 2 aromatic carbocycles. The molecule has 0 aliphatic rings. The van der Waals surface area contributed by atoms with Crippen molar-refractivity contribution in [2.45, 2.75) is 6.54 Å². The number of methoxy groups -OCH3 is 1. The zero-order valence-electron chi connectivity index (χ0n) is 17.4. The number of pyridine rings is 2. The second kappa shape index (κ2) is 9.94. The van der Waals surface area contributed by atoms with Gasteiger partial charge in [0, 0.05) is 30.1 Å². The molecule has 1 amide bonds. The minimum atomic E-state index is -0.258. The number of benzene rings is 2. The molecule has 2 aromatic heterocycles. The van der Waals surface area contributed by atoms with Crippen molar-refractivity contribution in [3.8, 4) is 17.1 Å². The lowest BCUT2D eigenvalue weighted by Crippen LogP contribution is -2.15. The smallest absolute Gasteiger partial charge is 0.257 e. The maximum atomic E-state index is 13.1. The number of nitrogens with one attached hydrogen (secondary N) is 2. The second-order valence-corrected chi connectivity index (χ2v) is 7.38. The lowest BCUT2D eigenvalue weighted by molar-refractivity contribution is 0.102. The van der Waals surface area contributed by atoms with Crippen LogP contribution in [0.2, 0.25) is 5.02 Å². The molecule has 0 atom stereocenters. The first kappa shape index (κ1) is 21.3. The van der Waals surface area contributed by atoms with Crippen LogP contribution in [0.4, 0.5) is 11.4 Å². The van der Waals surface area contributed by atoms with Crippen molar-refractivity contribution in [2.24, 2.45) is 0 Å². The van der Waals surface area contributed by atoms with Crippen molar-refractivity contribution < 1.29 is 9.53 Å². The zero-order valence-corrected chi connectivity index (χ0v) is 18.1. The minimum absolute atomic E-state index is 0.258. The van der Waals surface area contributed by atoms with E-state index in [-0.39, 0.29) is 5.91 Å². The number of anilines is 2. The predicted octanol–water partition coefficient (Wildman–Crippen LogP) is 5.67. The molecule has 0 fully saturated rings. The Morgan fingerprint density at radius 1 is 1.00 bits per heavy atom. The van der Waals surface area contributed by atoms with Crippen LogP contribution in [0.5, 0.6) is 5.88 Å². The monoisotopic (exact) mass is 444 g/mol. The Morgan fingerprint density at radius 3 is 2.56 bits per heavy atom. The normalized spacial score (nSPS) is 10.4. The summed E-state index contributed by atoms with van der Waals surface area (Å²) in [5.74, 6) is 0.219. The average Bonchev–Trinajstić information content (AvgIpc) is 2.84. The highest BCUT2D eigenvalue weighted by Gasteiger charge is 2.15. The van der Waals surface area contributed by atoms with E-state index in [1.165, 1.54) is 0 Å². The largest absolute Gasteiger partial charge is 0.481 e. The average molecular weight is 445 g/mol. The van der Waals surface area contributed by atoms with Gasteiger partial charge >= 0.3 is 0 Å². The third kappa shape index (κ3) is 5.04. The number of amides is 1. The molecule has 0 aliphatic heterocycles. The van der Waals surface area contributed by atoms with E-state index in [0.717, 1.165) is 11.1 Å². The van der Waals surface area contributed by atoms with E-state index in [4.69, 9.17) is 16.3 Å². The molecular formula is C25H21ClN4O2. The van der Waals surface area contributed by atoms with Crippen molar-refractivity contribution in [1.29, 1.82) is 0 Å². The SMILES string of the molecule is COc1ccc(NC(=O)c2ccc(-c3ncccc3Cl)cc2NCc2ccccc2)cn1. The van der Waals surface area contributed by atoms with Gasteiger partial charge in [-0.05, 0) is 35.9 Å². The van der Waals surface area contributed by atoms with Crippen LogP contribution in [0.15, 0.2) is 85.2 Å². The van der Waals surface area contributed by atoms with Gasteiger partial charge in [-0.1, -0.05) is 48.0 Å². The van der Waals surface area contributed by atoms with Gasteiger partial charge in [0.25, 0.3) is 5.91 Å². The molecule has 0 saturated heterocycles. The van der Waals surface area contributed by atoms with Gasteiger partial charge < -0.3 is 15.4 Å². The molecular weight excluding hydrogens is 424 g/mol. The van der Waals surface area contributed by atoms with Crippen LogP contribution in [-0.2, 0) is 6.54 Å². The summed E-state index contributed by atoms with van der Waals surface area (Å²) >= 11 is 6.34. The summed E-state index contributed by atoms with van der Waals surface area (Å²) in [6.45, 7) is 0.560. The molecule has 160 valence electrons. The quantitative estimate of drug-likeness (QED) is 0.384. The van der Waals surface area contributed by atoms with Gasteiger partial charge in [-0.3, -0.25) is 9.78 Å². The number of carbonyl (C=O) groups is 1. The Morgan fingerprint density at radius 2 is 1.84 bits per heavy atom. The maximum Gasteiger partial charge on any atom is 0.257 e. The molecule has 0 bridgehead atoms. The van der Waals surface area contributed by atoms with Gasteiger partial charge in [-0.15, -0.1) is 0 Å². The molecule has 4 rings (SSSR count). The standard InChI is InChI=1S/C25H21ClN4O2/c1-32-23-12-10-19(16-29-23)30-25(31)20-11-9-18(24-21(26)8-5-13-27-24)14-22(20)28-15-17-6-3-2-4-7-17/h2-14,16,28H,15H2,1H3,(H,30,31). The lowest BCUT2D eigenvalue weighted by atomic mass is 10.0. The minimum Gasteiger partial charge on any atom is -0.481 e. The first-order chi connectivity index (χ1) is 15.6. The highest BCUT2D eigenvalue weighted by Crippen LogP contribution is 2.30. The van der Waals surface area contributed by atoms with Crippen molar-refractivity contribution in [2.75, 3.05) is 17.7 Å². The number of carbonyl (C=O) groups excluding carboxylic acids is 1. The van der Waals surface area contributed by atoms with Crippen LogP contribution in [0.3, 0.4) is 0 Å².